The highest BCUT2D eigenvalue weighted by atomic mass is 16.6. The van der Waals surface area contributed by atoms with E-state index in [-0.39, 0.29) is 0 Å². The van der Waals surface area contributed by atoms with E-state index in [1.807, 2.05) is 25.1 Å². The quantitative estimate of drug-likeness (QED) is 0.616. The second-order valence-electron chi connectivity index (χ2n) is 5.47. The van der Waals surface area contributed by atoms with Gasteiger partial charge >= 0.3 is 12.1 Å². The molecule has 0 bridgehead atoms. The summed E-state index contributed by atoms with van der Waals surface area (Å²) in [6.45, 7) is 2.68. The Hall–Kier alpha value is -2.24. The molecular formula is C17H23NO5. The summed E-state index contributed by atoms with van der Waals surface area (Å²) >= 11 is 0. The van der Waals surface area contributed by atoms with Crippen LogP contribution in [0, 0.1) is 0 Å². The van der Waals surface area contributed by atoms with E-state index in [1.165, 1.54) is 12.0 Å². The molecule has 6 nitrogen and oxygen atoms in total. The SMILES string of the molecule is CCCCOC(=O)N1Cc2cc(OC)ccc2CC1C(=O)OC. The van der Waals surface area contributed by atoms with Crippen LogP contribution >= 0.6 is 0 Å². The van der Waals surface area contributed by atoms with Crippen LogP contribution in [0.5, 0.6) is 5.75 Å². The maximum absolute atomic E-state index is 12.3. The third kappa shape index (κ3) is 3.94. The number of hydrogen-bond donors (Lipinski definition) is 0. The van der Waals surface area contributed by atoms with Gasteiger partial charge in [-0.2, -0.15) is 0 Å². The second-order valence-corrected chi connectivity index (χ2v) is 5.47. The standard InChI is InChI=1S/C17H23NO5/c1-4-5-8-23-17(20)18-11-13-9-14(21-2)7-6-12(13)10-15(18)16(19)22-3/h6-7,9,15H,4-5,8,10-11H2,1-3H3. The fourth-order valence-electron chi connectivity index (χ4n) is 2.61. The van der Waals surface area contributed by atoms with Gasteiger partial charge in [0, 0.05) is 6.42 Å². The summed E-state index contributed by atoms with van der Waals surface area (Å²) in [5.74, 6) is 0.290. The highest BCUT2D eigenvalue weighted by Gasteiger charge is 2.36. The van der Waals surface area contributed by atoms with Crippen molar-refractivity contribution in [1.29, 1.82) is 0 Å². The fraction of sp³-hybridized carbons (Fsp3) is 0.529. The van der Waals surface area contributed by atoms with E-state index in [0.29, 0.717) is 19.6 Å². The largest absolute Gasteiger partial charge is 0.497 e. The molecule has 6 heteroatoms. The number of benzene rings is 1. The van der Waals surface area contributed by atoms with Crippen LogP contribution in [0.15, 0.2) is 18.2 Å². The summed E-state index contributed by atoms with van der Waals surface area (Å²) in [5, 5.41) is 0. The number of carbonyl (C=O) groups excluding carboxylic acids is 2. The first-order valence-corrected chi connectivity index (χ1v) is 7.77. The lowest BCUT2D eigenvalue weighted by atomic mass is 9.94. The van der Waals surface area contributed by atoms with E-state index < -0.39 is 18.1 Å². The maximum Gasteiger partial charge on any atom is 0.410 e. The molecule has 126 valence electrons. The molecule has 0 aromatic heterocycles. The van der Waals surface area contributed by atoms with Crippen molar-refractivity contribution in [3.63, 3.8) is 0 Å². The predicted molar refractivity (Wildman–Crippen MR) is 84.3 cm³/mol. The van der Waals surface area contributed by atoms with E-state index in [9.17, 15) is 9.59 Å². The zero-order chi connectivity index (χ0) is 16.8. The molecule has 2 rings (SSSR count). The number of hydrogen-bond acceptors (Lipinski definition) is 5. The van der Waals surface area contributed by atoms with Crippen molar-refractivity contribution in [2.75, 3.05) is 20.8 Å². The molecule has 0 saturated carbocycles. The number of amides is 1. The summed E-state index contributed by atoms with van der Waals surface area (Å²) in [5.41, 5.74) is 1.97. The molecule has 0 radical (unpaired) electrons. The Kier molecular flexibility index (Phi) is 5.84. The molecule has 1 aromatic carbocycles. The molecule has 0 spiro atoms. The molecule has 0 aliphatic carbocycles. The van der Waals surface area contributed by atoms with Crippen molar-refractivity contribution >= 4 is 12.1 Å². The van der Waals surface area contributed by atoms with Crippen molar-refractivity contribution in [2.45, 2.75) is 38.8 Å². The lowest BCUT2D eigenvalue weighted by Gasteiger charge is -2.34. The molecule has 0 N–H and O–H groups in total. The Morgan fingerprint density at radius 1 is 1.26 bits per heavy atom. The average Bonchev–Trinajstić information content (AvgIpc) is 2.59. The van der Waals surface area contributed by atoms with Crippen molar-refractivity contribution < 1.29 is 23.8 Å². The average molecular weight is 321 g/mol. The Morgan fingerprint density at radius 2 is 2.04 bits per heavy atom. The monoisotopic (exact) mass is 321 g/mol. The van der Waals surface area contributed by atoms with Gasteiger partial charge in [-0.25, -0.2) is 9.59 Å². The van der Waals surface area contributed by atoms with Gasteiger partial charge in [0.1, 0.15) is 11.8 Å². The van der Waals surface area contributed by atoms with Crippen LogP contribution in [0.2, 0.25) is 0 Å². The van der Waals surface area contributed by atoms with Crippen molar-refractivity contribution in [3.05, 3.63) is 29.3 Å². The molecule has 1 heterocycles. The van der Waals surface area contributed by atoms with Gasteiger partial charge in [0.25, 0.3) is 0 Å². The van der Waals surface area contributed by atoms with Gasteiger partial charge in [0.2, 0.25) is 0 Å². The van der Waals surface area contributed by atoms with Gasteiger partial charge in [-0.3, -0.25) is 4.90 Å². The molecule has 1 amide bonds. The van der Waals surface area contributed by atoms with Crippen LogP contribution < -0.4 is 4.74 Å². The summed E-state index contributed by atoms with van der Waals surface area (Å²) in [6.07, 6.45) is 1.66. The molecule has 1 unspecified atom stereocenters. The first kappa shape index (κ1) is 17.1. The number of ether oxygens (including phenoxy) is 3. The zero-order valence-electron chi connectivity index (χ0n) is 13.8. The van der Waals surface area contributed by atoms with Crippen LogP contribution in [0.3, 0.4) is 0 Å². The molecule has 0 fully saturated rings. The van der Waals surface area contributed by atoms with Crippen LogP contribution in [0.4, 0.5) is 4.79 Å². The number of nitrogens with zero attached hydrogens (tertiary/aromatic N) is 1. The summed E-state index contributed by atoms with van der Waals surface area (Å²) in [7, 11) is 2.92. The van der Waals surface area contributed by atoms with Gasteiger partial charge in [0.15, 0.2) is 0 Å². The third-order valence-corrected chi connectivity index (χ3v) is 3.97. The van der Waals surface area contributed by atoms with E-state index in [4.69, 9.17) is 14.2 Å². The van der Waals surface area contributed by atoms with Crippen molar-refractivity contribution in [3.8, 4) is 5.75 Å². The van der Waals surface area contributed by atoms with Gasteiger partial charge in [-0.05, 0) is 29.7 Å². The Balaban J connectivity index is 2.22. The van der Waals surface area contributed by atoms with Crippen LogP contribution in [0.25, 0.3) is 0 Å². The van der Waals surface area contributed by atoms with Gasteiger partial charge in [-0.1, -0.05) is 19.4 Å². The van der Waals surface area contributed by atoms with Gasteiger partial charge in [-0.15, -0.1) is 0 Å². The first-order valence-electron chi connectivity index (χ1n) is 7.77. The van der Waals surface area contributed by atoms with Crippen LogP contribution in [-0.2, 0) is 27.2 Å². The summed E-state index contributed by atoms with van der Waals surface area (Å²) in [4.78, 5) is 25.8. The molecule has 1 atom stereocenters. The molecule has 0 saturated heterocycles. The normalized spacial score (nSPS) is 16.5. The zero-order valence-corrected chi connectivity index (χ0v) is 13.8. The number of methoxy groups -OCH3 is 2. The van der Waals surface area contributed by atoms with Crippen LogP contribution in [0.1, 0.15) is 30.9 Å². The predicted octanol–water partition coefficient (Wildman–Crippen LogP) is 2.53. The molecule has 1 aromatic rings. The highest BCUT2D eigenvalue weighted by molar-refractivity contribution is 5.82. The topological polar surface area (TPSA) is 65.1 Å². The molecule has 1 aliphatic rings. The van der Waals surface area contributed by atoms with Crippen molar-refractivity contribution in [2.24, 2.45) is 0 Å². The Labute approximate surface area is 136 Å². The van der Waals surface area contributed by atoms with E-state index >= 15 is 0 Å². The first-order chi connectivity index (χ1) is 11.1. The van der Waals surface area contributed by atoms with Crippen molar-refractivity contribution in [1.82, 2.24) is 4.90 Å². The number of carbonyl (C=O) groups is 2. The lowest BCUT2D eigenvalue weighted by molar-refractivity contribution is -0.147. The smallest absolute Gasteiger partial charge is 0.410 e. The molecule has 1 aliphatic heterocycles. The minimum Gasteiger partial charge on any atom is -0.497 e. The van der Waals surface area contributed by atoms with Gasteiger partial charge in [0.05, 0.1) is 27.4 Å². The Morgan fingerprint density at radius 3 is 2.70 bits per heavy atom. The van der Waals surface area contributed by atoms with E-state index in [2.05, 4.69) is 0 Å². The highest BCUT2D eigenvalue weighted by Crippen LogP contribution is 2.28. The Bertz CT molecular complexity index is 572. The fourth-order valence-corrected chi connectivity index (χ4v) is 2.61. The minimum atomic E-state index is -0.657. The van der Waals surface area contributed by atoms with Crippen LogP contribution in [-0.4, -0.2) is 43.8 Å². The summed E-state index contributed by atoms with van der Waals surface area (Å²) in [6, 6.07) is 5.00. The second kappa shape index (κ2) is 7.85. The number of fused-ring (bicyclic) bond motifs is 1. The maximum atomic E-state index is 12.3. The number of unbranched alkanes of at least 4 members (excludes halogenated alkanes) is 1. The van der Waals surface area contributed by atoms with E-state index in [1.54, 1.807) is 7.11 Å². The number of esters is 1. The molecular weight excluding hydrogens is 298 g/mol. The third-order valence-electron chi connectivity index (χ3n) is 3.97. The summed E-state index contributed by atoms with van der Waals surface area (Å²) < 4.78 is 15.3. The molecule has 23 heavy (non-hydrogen) atoms. The number of rotatable bonds is 5. The lowest BCUT2D eigenvalue weighted by Crippen LogP contribution is -2.49. The van der Waals surface area contributed by atoms with Gasteiger partial charge < -0.3 is 14.2 Å². The van der Waals surface area contributed by atoms with E-state index in [0.717, 1.165) is 29.7 Å². The minimum absolute atomic E-state index is 0.303.